The zero-order valence-corrected chi connectivity index (χ0v) is 12.3. The summed E-state index contributed by atoms with van der Waals surface area (Å²) in [7, 11) is 0. The van der Waals surface area contributed by atoms with Crippen LogP contribution in [-0.4, -0.2) is 23.2 Å². The molecule has 1 atom stereocenters. The van der Waals surface area contributed by atoms with Gasteiger partial charge in [0.2, 0.25) is 5.91 Å². The highest BCUT2D eigenvalue weighted by molar-refractivity contribution is 5.85. The SMILES string of the molecule is O=C(CC1(C(=O)O)CCC1)NC(c1c(F)cccc1F)C(F)(F)F. The first-order valence-corrected chi connectivity index (χ1v) is 7.10. The zero-order chi connectivity index (χ0) is 18.1. The predicted molar refractivity (Wildman–Crippen MR) is 71.8 cm³/mol. The lowest BCUT2D eigenvalue weighted by Gasteiger charge is -2.37. The Bertz CT molecular complexity index is 635. The van der Waals surface area contributed by atoms with Crippen molar-refractivity contribution in [2.24, 2.45) is 5.41 Å². The lowest BCUT2D eigenvalue weighted by molar-refractivity contribution is -0.167. The van der Waals surface area contributed by atoms with Crippen molar-refractivity contribution < 1.29 is 36.6 Å². The fourth-order valence-corrected chi connectivity index (χ4v) is 2.69. The van der Waals surface area contributed by atoms with Gasteiger partial charge in [-0.05, 0) is 25.0 Å². The minimum absolute atomic E-state index is 0.167. The molecule has 0 aromatic heterocycles. The second-order valence-corrected chi connectivity index (χ2v) is 5.79. The van der Waals surface area contributed by atoms with Gasteiger partial charge < -0.3 is 10.4 Å². The molecular formula is C15H14F5NO3. The Morgan fingerprint density at radius 3 is 2.12 bits per heavy atom. The highest BCUT2D eigenvalue weighted by Gasteiger charge is 2.49. The van der Waals surface area contributed by atoms with Crippen LogP contribution in [0.5, 0.6) is 0 Å². The smallest absolute Gasteiger partial charge is 0.413 e. The Kier molecular flexibility index (Phi) is 4.82. The largest absolute Gasteiger partial charge is 0.481 e. The van der Waals surface area contributed by atoms with Crippen LogP contribution in [0, 0.1) is 17.0 Å². The molecule has 0 heterocycles. The molecule has 1 aliphatic rings. The summed E-state index contributed by atoms with van der Waals surface area (Å²) in [4.78, 5) is 23.1. The van der Waals surface area contributed by atoms with E-state index in [9.17, 15) is 31.5 Å². The summed E-state index contributed by atoms with van der Waals surface area (Å²) in [5, 5.41) is 10.6. The third kappa shape index (κ3) is 3.49. The number of halogens is 5. The topological polar surface area (TPSA) is 66.4 Å². The van der Waals surface area contributed by atoms with Gasteiger partial charge in [0, 0.05) is 6.42 Å². The number of hydrogen-bond donors (Lipinski definition) is 2. The fraction of sp³-hybridized carbons (Fsp3) is 0.467. The molecule has 1 fully saturated rings. The number of hydrogen-bond acceptors (Lipinski definition) is 2. The van der Waals surface area contributed by atoms with Gasteiger partial charge in [0.25, 0.3) is 0 Å². The number of carbonyl (C=O) groups excluding carboxylic acids is 1. The van der Waals surface area contributed by atoms with Crippen molar-refractivity contribution in [3.8, 4) is 0 Å². The molecule has 9 heteroatoms. The molecule has 0 spiro atoms. The fourth-order valence-electron chi connectivity index (χ4n) is 2.69. The Balaban J connectivity index is 2.25. The Morgan fingerprint density at radius 1 is 1.21 bits per heavy atom. The number of aliphatic carboxylic acids is 1. The molecule has 4 nitrogen and oxygen atoms in total. The first-order valence-electron chi connectivity index (χ1n) is 7.10. The summed E-state index contributed by atoms with van der Waals surface area (Å²) in [6, 6.07) is -0.698. The number of rotatable bonds is 5. The van der Waals surface area contributed by atoms with Gasteiger partial charge in [-0.15, -0.1) is 0 Å². The number of carbonyl (C=O) groups is 2. The van der Waals surface area contributed by atoms with Crippen LogP contribution in [0.3, 0.4) is 0 Å². The third-order valence-electron chi connectivity index (χ3n) is 4.18. The van der Waals surface area contributed by atoms with E-state index in [4.69, 9.17) is 5.11 Å². The van der Waals surface area contributed by atoms with E-state index >= 15 is 0 Å². The predicted octanol–water partition coefficient (Wildman–Crippen LogP) is 3.33. The van der Waals surface area contributed by atoms with Gasteiger partial charge in [-0.25, -0.2) is 8.78 Å². The summed E-state index contributed by atoms with van der Waals surface area (Å²) < 4.78 is 66.7. The van der Waals surface area contributed by atoms with Crippen molar-refractivity contribution in [2.45, 2.75) is 37.9 Å². The molecule has 1 unspecified atom stereocenters. The quantitative estimate of drug-likeness (QED) is 0.800. The number of benzene rings is 1. The summed E-state index contributed by atoms with van der Waals surface area (Å²) in [6.07, 6.45) is -4.94. The molecule has 1 aromatic rings. The molecule has 24 heavy (non-hydrogen) atoms. The molecule has 1 aromatic carbocycles. The minimum Gasteiger partial charge on any atom is -0.481 e. The average Bonchev–Trinajstić information content (AvgIpc) is 2.40. The molecule has 0 radical (unpaired) electrons. The number of nitrogens with one attached hydrogen (secondary N) is 1. The number of carboxylic acids is 1. The van der Waals surface area contributed by atoms with E-state index in [1.165, 1.54) is 5.32 Å². The Hall–Kier alpha value is -2.19. The van der Waals surface area contributed by atoms with Crippen molar-refractivity contribution >= 4 is 11.9 Å². The van der Waals surface area contributed by atoms with Gasteiger partial charge in [0.1, 0.15) is 11.6 Å². The minimum atomic E-state index is -5.14. The lowest BCUT2D eigenvalue weighted by atomic mass is 9.66. The van der Waals surface area contributed by atoms with E-state index in [2.05, 4.69) is 0 Å². The molecule has 2 rings (SSSR count). The average molecular weight is 351 g/mol. The molecule has 2 N–H and O–H groups in total. The van der Waals surface area contributed by atoms with Gasteiger partial charge in [0.15, 0.2) is 6.04 Å². The molecule has 0 aliphatic heterocycles. The number of carboxylic acid groups (broad SMARTS) is 1. The van der Waals surface area contributed by atoms with Crippen molar-refractivity contribution in [1.29, 1.82) is 0 Å². The lowest BCUT2D eigenvalue weighted by Crippen LogP contribution is -2.45. The van der Waals surface area contributed by atoms with Crippen LogP contribution in [-0.2, 0) is 9.59 Å². The van der Waals surface area contributed by atoms with Crippen LogP contribution in [0.15, 0.2) is 18.2 Å². The van der Waals surface area contributed by atoms with E-state index < -0.39 is 53.1 Å². The molecule has 1 saturated carbocycles. The maximum atomic E-state index is 13.6. The van der Waals surface area contributed by atoms with E-state index in [1.807, 2.05) is 0 Å². The van der Waals surface area contributed by atoms with Crippen molar-refractivity contribution in [2.75, 3.05) is 0 Å². The maximum absolute atomic E-state index is 13.6. The van der Waals surface area contributed by atoms with Gasteiger partial charge in [-0.3, -0.25) is 9.59 Å². The zero-order valence-electron chi connectivity index (χ0n) is 12.3. The van der Waals surface area contributed by atoms with Gasteiger partial charge >= 0.3 is 12.1 Å². The summed E-state index contributed by atoms with van der Waals surface area (Å²) in [5.41, 5.74) is -2.73. The summed E-state index contributed by atoms with van der Waals surface area (Å²) in [6.45, 7) is 0. The van der Waals surface area contributed by atoms with Crippen LogP contribution >= 0.6 is 0 Å². The third-order valence-corrected chi connectivity index (χ3v) is 4.18. The van der Waals surface area contributed by atoms with Crippen LogP contribution in [0.1, 0.15) is 37.3 Å². The highest BCUT2D eigenvalue weighted by Crippen LogP contribution is 2.44. The monoisotopic (exact) mass is 351 g/mol. The van der Waals surface area contributed by atoms with Crippen molar-refractivity contribution in [1.82, 2.24) is 5.32 Å². The second-order valence-electron chi connectivity index (χ2n) is 5.79. The molecule has 1 amide bonds. The standard InChI is InChI=1S/C15H14F5NO3/c16-8-3-1-4-9(17)11(8)12(15(18,19)20)21-10(22)7-14(13(23)24)5-2-6-14/h1,3-4,12H,2,5-7H2,(H,21,22)(H,23,24). The van der Waals surface area contributed by atoms with Crippen molar-refractivity contribution in [3.63, 3.8) is 0 Å². The van der Waals surface area contributed by atoms with Crippen LogP contribution in [0.25, 0.3) is 0 Å². The second kappa shape index (κ2) is 6.37. The molecule has 132 valence electrons. The van der Waals surface area contributed by atoms with E-state index in [0.717, 1.165) is 6.07 Å². The maximum Gasteiger partial charge on any atom is 0.413 e. The van der Waals surface area contributed by atoms with Crippen LogP contribution in [0.2, 0.25) is 0 Å². The van der Waals surface area contributed by atoms with Crippen LogP contribution < -0.4 is 5.32 Å². The van der Waals surface area contributed by atoms with Gasteiger partial charge in [-0.1, -0.05) is 12.5 Å². The molecule has 0 saturated heterocycles. The number of alkyl halides is 3. The summed E-state index contributed by atoms with van der Waals surface area (Å²) >= 11 is 0. The van der Waals surface area contributed by atoms with Gasteiger partial charge in [-0.2, -0.15) is 13.2 Å². The Labute approximate surface area is 133 Å². The summed E-state index contributed by atoms with van der Waals surface area (Å²) in [5.74, 6) is -5.39. The molecule has 1 aliphatic carbocycles. The van der Waals surface area contributed by atoms with E-state index in [-0.39, 0.29) is 12.8 Å². The normalized spacial score (nSPS) is 17.7. The van der Waals surface area contributed by atoms with E-state index in [1.54, 1.807) is 0 Å². The molecule has 0 bridgehead atoms. The van der Waals surface area contributed by atoms with Gasteiger partial charge in [0.05, 0.1) is 11.0 Å². The molecular weight excluding hydrogens is 337 g/mol. The first-order chi connectivity index (χ1) is 11.1. The van der Waals surface area contributed by atoms with Crippen molar-refractivity contribution in [3.05, 3.63) is 35.4 Å². The first kappa shape index (κ1) is 18.2. The number of amides is 1. The van der Waals surface area contributed by atoms with E-state index in [0.29, 0.717) is 18.6 Å². The Morgan fingerprint density at radius 2 is 1.75 bits per heavy atom. The highest BCUT2D eigenvalue weighted by atomic mass is 19.4. The van der Waals surface area contributed by atoms with Crippen LogP contribution in [0.4, 0.5) is 22.0 Å².